The topological polar surface area (TPSA) is 442 Å². The second-order valence-electron chi connectivity index (χ2n) is 14.6. The van der Waals surface area contributed by atoms with Crippen molar-refractivity contribution in [1.29, 1.82) is 0 Å². The van der Waals surface area contributed by atoms with E-state index in [1.807, 2.05) is 0 Å². The van der Waals surface area contributed by atoms with Crippen molar-refractivity contribution in [2.75, 3.05) is 83.7 Å². The molecule has 0 saturated carbocycles. The third-order valence-electron chi connectivity index (χ3n) is 9.57. The average molecular weight is 1230 g/mol. The first-order valence-corrected chi connectivity index (χ1v) is 26.1. The zero-order valence-electron chi connectivity index (χ0n) is 40.8. The first-order valence-electron chi connectivity index (χ1n) is 20.5. The molecule has 6 rings (SSSR count). The number of benzene rings is 4. The van der Waals surface area contributed by atoms with Crippen LogP contribution in [0.25, 0.3) is 12.2 Å². The van der Waals surface area contributed by atoms with E-state index in [9.17, 15) is 72.3 Å². The minimum Gasteiger partial charge on any atom is -0.744 e. The summed E-state index contributed by atoms with van der Waals surface area (Å²) in [6.07, 6.45) is 2.10. The molecule has 0 amide bonds. The maximum atomic E-state index is 12.6. The maximum absolute atomic E-state index is 12.6. The Morgan fingerprint density at radius 1 is 0.408 bits per heavy atom. The third-order valence-corrected chi connectivity index (χ3v) is 13.0. The summed E-state index contributed by atoms with van der Waals surface area (Å²) >= 11 is 0. The van der Waals surface area contributed by atoms with Gasteiger partial charge in [-0.2, -0.15) is 29.9 Å². The van der Waals surface area contributed by atoms with Crippen LogP contribution in [-0.4, -0.2) is 155 Å². The molecule has 76 heavy (non-hydrogen) atoms. The Morgan fingerprint density at radius 2 is 0.697 bits per heavy atom. The van der Waals surface area contributed by atoms with Gasteiger partial charge in [-0.3, -0.25) is 0 Å². The monoisotopic (exact) mass is 1230 g/mol. The molecule has 2 aromatic heterocycles. The van der Waals surface area contributed by atoms with E-state index in [4.69, 9.17) is 0 Å². The molecule has 36 heteroatoms. The molecule has 384 valence electrons. The molecule has 2 heterocycles. The molecule has 8 N–H and O–H groups in total. The largest absolute Gasteiger partial charge is 1.00 e. The Hall–Kier alpha value is -0.535. The van der Waals surface area contributed by atoms with Gasteiger partial charge in [0, 0.05) is 48.9 Å². The number of aromatic nitrogens is 6. The van der Waals surface area contributed by atoms with E-state index in [0.717, 1.165) is 60.7 Å². The van der Waals surface area contributed by atoms with Gasteiger partial charge in [0.05, 0.1) is 46.0 Å². The van der Waals surface area contributed by atoms with E-state index in [2.05, 4.69) is 51.2 Å². The van der Waals surface area contributed by atoms with E-state index in [0.29, 0.717) is 0 Å². The van der Waals surface area contributed by atoms with Crippen molar-refractivity contribution in [3.63, 3.8) is 0 Å². The second kappa shape index (κ2) is 32.3. The van der Waals surface area contributed by atoms with Gasteiger partial charge in [0.2, 0.25) is 35.7 Å². The molecule has 28 nitrogen and oxygen atoms in total. The zero-order chi connectivity index (χ0) is 52.4. The molecule has 0 aliphatic rings. The van der Waals surface area contributed by atoms with E-state index < -0.39 is 86.5 Å². The van der Waals surface area contributed by atoms with Crippen LogP contribution in [0, 0.1) is 0 Å². The fraction of sp³-hybridized carbons (Fsp3) is 0.200. The normalized spacial score (nSPS) is 11.5. The van der Waals surface area contributed by atoms with Gasteiger partial charge in [-0.25, -0.2) is 33.7 Å². The van der Waals surface area contributed by atoms with Gasteiger partial charge in [-0.1, -0.05) is 36.4 Å². The predicted molar refractivity (Wildman–Crippen MR) is 252 cm³/mol. The standard InChI is InChI=1S/C40H44N12O16S4.4K/c53-17-13-51(14-18-54)39-47-35(41-27-3-1-5-31(21-27)69(57,58)59)45-37(49-39)43-29-11-9-25(33(23-29)71(63,64)65)7-8-26-10-12-30(24-34(26)72(66,67)68)44-38-46-36(48-40(50-38)52(15-19-55)16-20-56)42-28-4-2-6-32(22-28)70(60,61)62;;;;/h1-12,21-24,53-56H,13-20H2,(H,57,58,59)(H,60,61,62)(H,63,64,65)(H,66,67,68)(H2,41,43,45,47,49)(H2,42,44,46,48,50);;;;/q;4*+1/p-4. The molecule has 0 saturated heterocycles. The third kappa shape index (κ3) is 21.3. The van der Waals surface area contributed by atoms with Crippen molar-refractivity contribution in [2.24, 2.45) is 0 Å². The summed E-state index contributed by atoms with van der Waals surface area (Å²) in [7, 11) is -20.4. The van der Waals surface area contributed by atoms with Crippen LogP contribution in [0.1, 0.15) is 11.1 Å². The average Bonchev–Trinajstić information content (AvgIpc) is 3.30. The van der Waals surface area contributed by atoms with Crippen LogP contribution >= 0.6 is 0 Å². The minimum absolute atomic E-state index is 0. The van der Waals surface area contributed by atoms with Crippen molar-refractivity contribution >= 4 is 111 Å². The van der Waals surface area contributed by atoms with E-state index in [1.165, 1.54) is 46.2 Å². The number of rotatable bonds is 24. The zero-order valence-corrected chi connectivity index (χ0v) is 56.6. The number of hydrogen-bond acceptors (Lipinski definition) is 28. The predicted octanol–water partition coefficient (Wildman–Crippen LogP) is -11.6. The fourth-order valence-corrected chi connectivity index (χ4v) is 8.85. The number of nitrogens with zero attached hydrogens (tertiary/aromatic N) is 8. The molecule has 0 aliphatic carbocycles. The molecule has 0 atom stereocenters. The van der Waals surface area contributed by atoms with Crippen molar-refractivity contribution in [1.82, 2.24) is 29.9 Å². The molecule has 4 aromatic carbocycles. The van der Waals surface area contributed by atoms with E-state index in [1.54, 1.807) is 0 Å². The van der Waals surface area contributed by atoms with Gasteiger partial charge in [-0.15, -0.1) is 0 Å². The van der Waals surface area contributed by atoms with Crippen LogP contribution in [0.2, 0.25) is 0 Å². The molecule has 0 bridgehead atoms. The summed E-state index contributed by atoms with van der Waals surface area (Å²) in [6.45, 7) is -1.99. The molecule has 0 unspecified atom stereocenters. The van der Waals surface area contributed by atoms with E-state index >= 15 is 0 Å². The van der Waals surface area contributed by atoms with Crippen LogP contribution in [0.3, 0.4) is 0 Å². The van der Waals surface area contributed by atoms with Crippen molar-refractivity contribution in [3.8, 4) is 0 Å². The molecule has 0 spiro atoms. The summed E-state index contributed by atoms with van der Waals surface area (Å²) in [4.78, 5) is 25.3. The van der Waals surface area contributed by atoms with Crippen LogP contribution in [0.15, 0.2) is 105 Å². The van der Waals surface area contributed by atoms with Crippen LogP contribution < -0.4 is 237 Å². The molecule has 6 aromatic rings. The van der Waals surface area contributed by atoms with Gasteiger partial charge in [0.1, 0.15) is 40.5 Å². The Bertz CT molecular complexity index is 3220. The minimum atomic E-state index is -5.31. The van der Waals surface area contributed by atoms with Crippen molar-refractivity contribution in [2.45, 2.75) is 19.6 Å². The Balaban J connectivity index is 0.00000494. The number of nitrogens with one attached hydrogen (secondary N) is 4. The van der Waals surface area contributed by atoms with Gasteiger partial charge in [0.25, 0.3) is 0 Å². The summed E-state index contributed by atoms with van der Waals surface area (Å²) in [6, 6.07) is 16.1. The van der Waals surface area contributed by atoms with E-state index in [-0.39, 0.29) is 301 Å². The van der Waals surface area contributed by atoms with Gasteiger partial charge < -0.3 is 69.7 Å². The van der Waals surface area contributed by atoms with Crippen LogP contribution in [0.4, 0.5) is 58.4 Å². The van der Waals surface area contributed by atoms with Gasteiger partial charge >= 0.3 is 206 Å². The molecular formula is C40H40K4N12O16S4. The number of hydrogen-bond donors (Lipinski definition) is 8. The summed E-state index contributed by atoms with van der Waals surface area (Å²) in [5, 5.41) is 49.5. The number of aliphatic hydroxyl groups excluding tert-OH is 4. The van der Waals surface area contributed by atoms with Gasteiger partial charge in [0.15, 0.2) is 0 Å². The number of anilines is 10. The first kappa shape index (κ1) is 71.6. The van der Waals surface area contributed by atoms with Crippen LogP contribution in [0.5, 0.6) is 0 Å². The molecular weight excluding hydrogens is 1190 g/mol. The summed E-state index contributed by atoms with van der Waals surface area (Å²) in [5.74, 6) is -1.40. The smallest absolute Gasteiger partial charge is 0.744 e. The van der Waals surface area contributed by atoms with Crippen molar-refractivity contribution in [3.05, 3.63) is 96.1 Å². The molecule has 0 aliphatic heterocycles. The summed E-state index contributed by atoms with van der Waals surface area (Å²) < 4.78 is 146. The quantitative estimate of drug-likeness (QED) is 0.0158. The van der Waals surface area contributed by atoms with Crippen molar-refractivity contribution < 1.29 is 278 Å². The SMILES string of the molecule is O=S(=O)([O-])c1cccc(Nc2nc(Nc3ccc(C=Cc4ccc(Nc5nc(Nc6cccc(S(=O)(=O)[O-])c6)nc(N(CCO)CCO)n5)cc4S(=O)(=O)[O-])c(S(=O)(=O)[O-])c3)nc(N(CCO)CCO)n2)c1.[K+].[K+].[K+].[K+]. The number of aliphatic hydroxyl groups is 4. The molecule has 0 radical (unpaired) electrons. The maximum Gasteiger partial charge on any atom is 1.00 e. The second-order valence-corrected chi connectivity index (χ2v) is 20.1. The summed E-state index contributed by atoms with van der Waals surface area (Å²) in [5.41, 5.74) is -0.656. The molecule has 0 fully saturated rings. The Morgan fingerprint density at radius 3 is 0.961 bits per heavy atom. The Labute approximate surface area is 606 Å². The van der Waals surface area contributed by atoms with Gasteiger partial charge in [-0.05, 0) is 71.8 Å². The fourth-order valence-electron chi connectivity index (χ4n) is 6.43. The Kier molecular flexibility index (Phi) is 30.5. The first-order chi connectivity index (χ1) is 34.0. The van der Waals surface area contributed by atoms with Crippen LogP contribution in [-0.2, 0) is 40.5 Å².